The molecule has 19 heavy (non-hydrogen) atoms. The van der Waals surface area contributed by atoms with Crippen LogP contribution in [-0.2, 0) is 0 Å². The highest BCUT2D eigenvalue weighted by atomic mass is 79.9. The zero-order valence-electron chi connectivity index (χ0n) is 11.6. The Morgan fingerprint density at radius 3 is 2.79 bits per heavy atom. The van der Waals surface area contributed by atoms with Gasteiger partial charge in [-0.15, -0.1) is 0 Å². The largest absolute Gasteiger partial charge is 0.487 e. The number of nitrogens with zero attached hydrogens (tertiary/aromatic N) is 1. The number of hydrogen-bond acceptors (Lipinski definition) is 3. The Labute approximate surface area is 123 Å². The molecule has 1 aromatic rings. The van der Waals surface area contributed by atoms with E-state index in [0.29, 0.717) is 6.04 Å². The molecule has 1 unspecified atom stereocenters. The standard InChI is InChI=1S/C15H21BrN2O/c1-17-13-10-15(5-7-18(2)8-6-15)19-14-9-11(16)3-4-12(13)14/h3-4,9,13,17H,5-8,10H2,1-2H3. The fourth-order valence-electron chi connectivity index (χ4n) is 3.23. The Balaban J connectivity index is 1.92. The fraction of sp³-hybridized carbons (Fsp3) is 0.600. The lowest BCUT2D eigenvalue weighted by Crippen LogP contribution is -2.50. The van der Waals surface area contributed by atoms with Crippen molar-refractivity contribution in [3.63, 3.8) is 0 Å². The molecule has 3 rings (SSSR count). The second-order valence-corrected chi connectivity index (χ2v) is 6.73. The maximum absolute atomic E-state index is 6.42. The summed E-state index contributed by atoms with van der Waals surface area (Å²) in [6.07, 6.45) is 3.31. The van der Waals surface area contributed by atoms with Gasteiger partial charge in [0.2, 0.25) is 0 Å². The van der Waals surface area contributed by atoms with Crippen molar-refractivity contribution in [3.05, 3.63) is 28.2 Å². The summed E-state index contributed by atoms with van der Waals surface area (Å²) < 4.78 is 7.51. The molecule has 0 bridgehead atoms. The number of ether oxygens (including phenoxy) is 1. The monoisotopic (exact) mass is 324 g/mol. The number of piperidine rings is 1. The van der Waals surface area contributed by atoms with E-state index in [4.69, 9.17) is 4.74 Å². The van der Waals surface area contributed by atoms with Crippen molar-refractivity contribution in [1.82, 2.24) is 10.2 Å². The van der Waals surface area contributed by atoms with Gasteiger partial charge in [-0.2, -0.15) is 0 Å². The molecule has 2 aliphatic rings. The molecule has 0 aromatic heterocycles. The van der Waals surface area contributed by atoms with Gasteiger partial charge >= 0.3 is 0 Å². The third-order valence-corrected chi connectivity index (χ3v) is 4.99. The fourth-order valence-corrected chi connectivity index (χ4v) is 3.57. The highest BCUT2D eigenvalue weighted by molar-refractivity contribution is 9.10. The smallest absolute Gasteiger partial charge is 0.126 e. The first-order valence-electron chi connectivity index (χ1n) is 6.96. The van der Waals surface area contributed by atoms with Gasteiger partial charge in [0, 0.05) is 35.6 Å². The van der Waals surface area contributed by atoms with Crippen LogP contribution in [0.25, 0.3) is 0 Å². The first-order valence-corrected chi connectivity index (χ1v) is 7.75. The number of hydrogen-bond donors (Lipinski definition) is 1. The molecule has 0 radical (unpaired) electrons. The van der Waals surface area contributed by atoms with Crippen LogP contribution in [0.2, 0.25) is 0 Å². The van der Waals surface area contributed by atoms with Crippen molar-refractivity contribution in [3.8, 4) is 5.75 Å². The number of benzene rings is 1. The molecule has 0 amide bonds. The SMILES string of the molecule is CNC1CC2(CCN(C)CC2)Oc2cc(Br)ccc21. The summed E-state index contributed by atoms with van der Waals surface area (Å²) in [6, 6.07) is 6.78. The van der Waals surface area contributed by atoms with E-state index in [1.54, 1.807) is 0 Å². The van der Waals surface area contributed by atoms with E-state index in [2.05, 4.69) is 51.4 Å². The number of likely N-dealkylation sites (tertiary alicyclic amines) is 1. The van der Waals surface area contributed by atoms with Gasteiger partial charge in [-0.05, 0) is 39.1 Å². The van der Waals surface area contributed by atoms with E-state index in [9.17, 15) is 0 Å². The minimum Gasteiger partial charge on any atom is -0.487 e. The molecule has 1 aromatic carbocycles. The summed E-state index contributed by atoms with van der Waals surface area (Å²) in [7, 11) is 4.24. The van der Waals surface area contributed by atoms with Crippen molar-refractivity contribution in [2.24, 2.45) is 0 Å². The van der Waals surface area contributed by atoms with E-state index >= 15 is 0 Å². The van der Waals surface area contributed by atoms with Crippen molar-refractivity contribution in [2.75, 3.05) is 27.2 Å². The molecule has 0 saturated carbocycles. The van der Waals surface area contributed by atoms with Crippen LogP contribution in [0.15, 0.2) is 22.7 Å². The van der Waals surface area contributed by atoms with Crippen molar-refractivity contribution in [2.45, 2.75) is 30.9 Å². The molecule has 2 heterocycles. The molecule has 104 valence electrons. The summed E-state index contributed by atoms with van der Waals surface area (Å²) in [5.41, 5.74) is 1.31. The lowest BCUT2D eigenvalue weighted by molar-refractivity contribution is -0.0195. The third-order valence-electron chi connectivity index (χ3n) is 4.50. The molecule has 1 saturated heterocycles. The Morgan fingerprint density at radius 2 is 2.11 bits per heavy atom. The molecule has 3 nitrogen and oxygen atoms in total. The molecular formula is C15H21BrN2O. The van der Waals surface area contributed by atoms with Gasteiger partial charge in [0.25, 0.3) is 0 Å². The van der Waals surface area contributed by atoms with E-state index < -0.39 is 0 Å². The number of halogens is 1. The van der Waals surface area contributed by atoms with Gasteiger partial charge < -0.3 is 15.0 Å². The van der Waals surface area contributed by atoms with Gasteiger partial charge in [0.1, 0.15) is 11.4 Å². The van der Waals surface area contributed by atoms with Crippen LogP contribution in [0.3, 0.4) is 0 Å². The van der Waals surface area contributed by atoms with Crippen LogP contribution < -0.4 is 10.1 Å². The summed E-state index contributed by atoms with van der Waals surface area (Å²) in [5, 5.41) is 3.45. The Kier molecular flexibility index (Phi) is 3.58. The molecule has 4 heteroatoms. The summed E-state index contributed by atoms with van der Waals surface area (Å²) in [5.74, 6) is 1.05. The highest BCUT2D eigenvalue weighted by Crippen LogP contribution is 2.44. The number of fused-ring (bicyclic) bond motifs is 1. The quantitative estimate of drug-likeness (QED) is 0.859. The number of rotatable bonds is 1. The first-order chi connectivity index (χ1) is 9.12. The van der Waals surface area contributed by atoms with E-state index in [-0.39, 0.29) is 5.60 Å². The average Bonchev–Trinajstić information content (AvgIpc) is 2.41. The zero-order valence-corrected chi connectivity index (χ0v) is 13.2. The van der Waals surface area contributed by atoms with Gasteiger partial charge in [-0.25, -0.2) is 0 Å². The lowest BCUT2D eigenvalue weighted by atomic mass is 9.81. The molecule has 0 aliphatic carbocycles. The van der Waals surface area contributed by atoms with Crippen LogP contribution in [-0.4, -0.2) is 37.7 Å². The van der Waals surface area contributed by atoms with Crippen LogP contribution >= 0.6 is 15.9 Å². The maximum Gasteiger partial charge on any atom is 0.126 e. The summed E-state index contributed by atoms with van der Waals surface area (Å²) in [4.78, 5) is 2.39. The zero-order chi connectivity index (χ0) is 13.5. The molecular weight excluding hydrogens is 304 g/mol. The Bertz CT molecular complexity index is 469. The van der Waals surface area contributed by atoms with Gasteiger partial charge in [-0.3, -0.25) is 0 Å². The normalized spacial score (nSPS) is 25.9. The second-order valence-electron chi connectivity index (χ2n) is 5.82. The average molecular weight is 325 g/mol. The highest BCUT2D eigenvalue weighted by Gasteiger charge is 2.42. The van der Waals surface area contributed by atoms with Gasteiger partial charge in [0.05, 0.1) is 0 Å². The first kappa shape index (κ1) is 13.4. The predicted molar refractivity (Wildman–Crippen MR) is 80.6 cm³/mol. The van der Waals surface area contributed by atoms with Gasteiger partial charge in [-0.1, -0.05) is 22.0 Å². The molecule has 1 N–H and O–H groups in total. The third kappa shape index (κ3) is 2.54. The predicted octanol–water partition coefficient (Wildman–Crippen LogP) is 2.96. The van der Waals surface area contributed by atoms with Crippen LogP contribution in [0, 0.1) is 0 Å². The summed E-state index contributed by atoms with van der Waals surface area (Å²) in [6.45, 7) is 2.25. The van der Waals surface area contributed by atoms with E-state index in [1.165, 1.54) is 5.56 Å². The van der Waals surface area contributed by atoms with Crippen molar-refractivity contribution >= 4 is 15.9 Å². The minimum atomic E-state index is 0.0218. The van der Waals surface area contributed by atoms with E-state index in [0.717, 1.165) is 42.6 Å². The minimum absolute atomic E-state index is 0.0218. The van der Waals surface area contributed by atoms with Crippen LogP contribution in [0.1, 0.15) is 30.9 Å². The maximum atomic E-state index is 6.42. The summed E-state index contributed by atoms with van der Waals surface area (Å²) >= 11 is 3.55. The molecule has 1 atom stereocenters. The second kappa shape index (κ2) is 5.08. The van der Waals surface area contributed by atoms with Crippen molar-refractivity contribution < 1.29 is 4.74 Å². The molecule has 1 spiro atoms. The van der Waals surface area contributed by atoms with Crippen molar-refractivity contribution in [1.29, 1.82) is 0 Å². The molecule has 2 aliphatic heterocycles. The molecule has 1 fully saturated rings. The van der Waals surface area contributed by atoms with Gasteiger partial charge in [0.15, 0.2) is 0 Å². The number of nitrogens with one attached hydrogen (secondary N) is 1. The van der Waals surface area contributed by atoms with Crippen LogP contribution in [0.4, 0.5) is 0 Å². The lowest BCUT2D eigenvalue weighted by Gasteiger charge is -2.46. The van der Waals surface area contributed by atoms with Crippen LogP contribution in [0.5, 0.6) is 5.75 Å². The Morgan fingerprint density at radius 1 is 1.37 bits per heavy atom. The van der Waals surface area contributed by atoms with E-state index in [1.807, 2.05) is 7.05 Å². The topological polar surface area (TPSA) is 24.5 Å². The Hall–Kier alpha value is -0.580.